The highest BCUT2D eigenvalue weighted by molar-refractivity contribution is 6.34. The second-order valence-corrected chi connectivity index (χ2v) is 6.20. The van der Waals surface area contributed by atoms with Gasteiger partial charge >= 0.3 is 0 Å². The Hall–Kier alpha value is -2.04. The van der Waals surface area contributed by atoms with Gasteiger partial charge in [-0.25, -0.2) is 0 Å². The largest absolute Gasteiger partial charge is 0.353 e. The number of carbonyl (C=O) groups excluding carboxylic acids is 1. The number of rotatable bonds is 5. The fourth-order valence-electron chi connectivity index (χ4n) is 2.71. The second-order valence-electron chi connectivity index (χ2n) is 5.79. The van der Waals surface area contributed by atoms with Crippen molar-refractivity contribution in [2.45, 2.75) is 6.92 Å². The molecular formula is C19H21Cl2N3O. The first-order chi connectivity index (χ1) is 11.6. The van der Waals surface area contributed by atoms with Crippen LogP contribution >= 0.6 is 24.0 Å². The molecule has 25 heavy (non-hydrogen) atoms. The molecule has 0 aliphatic carbocycles. The molecule has 3 rings (SSSR count). The van der Waals surface area contributed by atoms with Gasteiger partial charge in [-0.3, -0.25) is 9.79 Å². The van der Waals surface area contributed by atoms with Crippen LogP contribution in [-0.4, -0.2) is 42.8 Å². The number of hydrogen-bond donors (Lipinski definition) is 1. The van der Waals surface area contributed by atoms with E-state index >= 15 is 0 Å². The summed E-state index contributed by atoms with van der Waals surface area (Å²) >= 11 is 6.27. The summed E-state index contributed by atoms with van der Waals surface area (Å²) in [5.41, 5.74) is 2.77. The van der Waals surface area contributed by atoms with Gasteiger partial charge in [0.15, 0.2) is 0 Å². The summed E-state index contributed by atoms with van der Waals surface area (Å²) in [7, 11) is 0. The van der Waals surface area contributed by atoms with Crippen LogP contribution in [0.1, 0.15) is 21.5 Å². The minimum absolute atomic E-state index is 0. The number of halogens is 2. The lowest BCUT2D eigenvalue weighted by Crippen LogP contribution is -2.37. The summed E-state index contributed by atoms with van der Waals surface area (Å²) in [6.45, 7) is 4.88. The van der Waals surface area contributed by atoms with Gasteiger partial charge in [-0.15, -0.1) is 12.4 Å². The van der Waals surface area contributed by atoms with E-state index in [1.807, 2.05) is 55.5 Å². The summed E-state index contributed by atoms with van der Waals surface area (Å²) in [5, 5.41) is 3.66. The van der Waals surface area contributed by atoms with Gasteiger partial charge in [-0.2, -0.15) is 0 Å². The molecule has 6 heteroatoms. The number of hydrogen-bond acceptors (Lipinski definition) is 3. The first kappa shape index (κ1) is 19.3. The van der Waals surface area contributed by atoms with Crippen molar-refractivity contribution in [2.24, 2.45) is 4.99 Å². The van der Waals surface area contributed by atoms with Gasteiger partial charge in [0.05, 0.1) is 11.6 Å². The van der Waals surface area contributed by atoms with Gasteiger partial charge in [0.2, 0.25) is 0 Å². The lowest BCUT2D eigenvalue weighted by molar-refractivity contribution is 0.0951. The Labute approximate surface area is 159 Å². The van der Waals surface area contributed by atoms with Gasteiger partial charge in [0, 0.05) is 30.8 Å². The Morgan fingerprint density at radius 3 is 2.64 bits per heavy atom. The van der Waals surface area contributed by atoms with Crippen LogP contribution in [0.4, 0.5) is 0 Å². The van der Waals surface area contributed by atoms with Crippen LogP contribution in [-0.2, 0) is 0 Å². The fourth-order valence-corrected chi connectivity index (χ4v) is 2.93. The number of amides is 1. The number of aryl methyl sites for hydroxylation is 1. The molecule has 2 aromatic rings. The van der Waals surface area contributed by atoms with Crippen molar-refractivity contribution in [3.05, 3.63) is 70.2 Å². The molecule has 1 heterocycles. The van der Waals surface area contributed by atoms with E-state index in [2.05, 4.69) is 15.2 Å². The van der Waals surface area contributed by atoms with Gasteiger partial charge in [0.1, 0.15) is 5.84 Å². The lowest BCUT2D eigenvalue weighted by Gasteiger charge is -2.21. The third-order valence-corrected chi connectivity index (χ3v) is 4.36. The van der Waals surface area contributed by atoms with Gasteiger partial charge in [-0.05, 0) is 31.2 Å². The molecule has 1 N–H and O–H groups in total. The van der Waals surface area contributed by atoms with Crippen molar-refractivity contribution in [1.82, 2.24) is 10.2 Å². The molecule has 0 atom stereocenters. The summed E-state index contributed by atoms with van der Waals surface area (Å²) < 4.78 is 0. The Bertz CT molecular complexity index is 760. The van der Waals surface area contributed by atoms with Gasteiger partial charge in [-0.1, -0.05) is 41.4 Å². The average Bonchev–Trinajstić information content (AvgIpc) is 3.04. The second kappa shape index (κ2) is 8.88. The van der Waals surface area contributed by atoms with E-state index in [9.17, 15) is 4.79 Å². The molecule has 0 saturated carbocycles. The van der Waals surface area contributed by atoms with E-state index in [1.54, 1.807) is 0 Å². The number of amidine groups is 1. The number of carbonyl (C=O) groups is 1. The third-order valence-electron chi connectivity index (χ3n) is 4.03. The number of nitrogens with zero attached hydrogens (tertiary/aromatic N) is 2. The van der Waals surface area contributed by atoms with Crippen molar-refractivity contribution in [1.29, 1.82) is 0 Å². The standard InChI is InChI=1S/C19H20ClN3O.ClH/c1-14-6-8-15(9-7-14)19(24)22-11-13-23-12-10-21-18(23)16-4-2-3-5-17(16)20;/h2-9H,10-13H2,1H3,(H,22,24);1H. The minimum atomic E-state index is -0.0505. The van der Waals surface area contributed by atoms with Crippen molar-refractivity contribution in [3.8, 4) is 0 Å². The van der Waals surface area contributed by atoms with E-state index in [1.165, 1.54) is 0 Å². The Balaban J connectivity index is 0.00000225. The molecule has 0 spiro atoms. The van der Waals surface area contributed by atoms with Crippen molar-refractivity contribution in [3.63, 3.8) is 0 Å². The number of benzene rings is 2. The van der Waals surface area contributed by atoms with Crippen LogP contribution in [0.2, 0.25) is 5.02 Å². The zero-order valence-corrected chi connectivity index (χ0v) is 15.6. The summed E-state index contributed by atoms with van der Waals surface area (Å²) in [6, 6.07) is 15.3. The molecule has 2 aromatic carbocycles. The predicted molar refractivity (Wildman–Crippen MR) is 105 cm³/mol. The van der Waals surface area contributed by atoms with E-state index in [0.29, 0.717) is 23.7 Å². The molecule has 0 bridgehead atoms. The smallest absolute Gasteiger partial charge is 0.251 e. The number of aliphatic imine (C=N–C) groups is 1. The molecule has 0 aromatic heterocycles. The van der Waals surface area contributed by atoms with Crippen LogP contribution in [0.5, 0.6) is 0 Å². The SMILES string of the molecule is Cc1ccc(C(=O)NCCN2CCN=C2c2ccccc2Cl)cc1.Cl. The topological polar surface area (TPSA) is 44.7 Å². The minimum Gasteiger partial charge on any atom is -0.353 e. The Kier molecular flexibility index (Phi) is 6.85. The van der Waals surface area contributed by atoms with E-state index in [-0.39, 0.29) is 18.3 Å². The molecule has 0 radical (unpaired) electrons. The van der Waals surface area contributed by atoms with E-state index in [4.69, 9.17) is 11.6 Å². The first-order valence-corrected chi connectivity index (χ1v) is 8.42. The normalized spacial score (nSPS) is 13.2. The monoisotopic (exact) mass is 377 g/mol. The van der Waals surface area contributed by atoms with Crippen LogP contribution in [0.15, 0.2) is 53.5 Å². The molecule has 0 unspecified atom stereocenters. The van der Waals surface area contributed by atoms with Gasteiger partial charge < -0.3 is 10.2 Å². The Morgan fingerprint density at radius 1 is 1.20 bits per heavy atom. The van der Waals surface area contributed by atoms with Crippen LogP contribution in [0.3, 0.4) is 0 Å². The van der Waals surface area contributed by atoms with Crippen molar-refractivity contribution in [2.75, 3.05) is 26.2 Å². The first-order valence-electron chi connectivity index (χ1n) is 8.04. The highest BCUT2D eigenvalue weighted by atomic mass is 35.5. The molecule has 1 aliphatic heterocycles. The molecular weight excluding hydrogens is 357 g/mol. The molecule has 132 valence electrons. The molecule has 1 aliphatic rings. The fraction of sp³-hybridized carbons (Fsp3) is 0.263. The maximum Gasteiger partial charge on any atom is 0.251 e. The molecule has 1 amide bonds. The van der Waals surface area contributed by atoms with Crippen molar-refractivity contribution < 1.29 is 4.79 Å². The zero-order chi connectivity index (χ0) is 16.9. The highest BCUT2D eigenvalue weighted by Crippen LogP contribution is 2.19. The van der Waals surface area contributed by atoms with Gasteiger partial charge in [0.25, 0.3) is 5.91 Å². The van der Waals surface area contributed by atoms with Crippen LogP contribution in [0.25, 0.3) is 0 Å². The van der Waals surface area contributed by atoms with Crippen LogP contribution < -0.4 is 5.32 Å². The third kappa shape index (κ3) is 4.74. The maximum atomic E-state index is 12.2. The van der Waals surface area contributed by atoms with Crippen LogP contribution in [0, 0.1) is 6.92 Å². The quantitative estimate of drug-likeness (QED) is 0.865. The molecule has 0 fully saturated rings. The average molecular weight is 378 g/mol. The number of nitrogens with one attached hydrogen (secondary N) is 1. The Morgan fingerprint density at radius 2 is 1.92 bits per heavy atom. The maximum absolute atomic E-state index is 12.2. The van der Waals surface area contributed by atoms with E-state index in [0.717, 1.165) is 30.1 Å². The highest BCUT2D eigenvalue weighted by Gasteiger charge is 2.20. The summed E-state index contributed by atoms with van der Waals surface area (Å²) in [4.78, 5) is 18.9. The molecule has 0 saturated heterocycles. The zero-order valence-electron chi connectivity index (χ0n) is 14.0. The lowest BCUT2D eigenvalue weighted by atomic mass is 10.1. The summed E-state index contributed by atoms with van der Waals surface area (Å²) in [6.07, 6.45) is 0. The van der Waals surface area contributed by atoms with Crippen molar-refractivity contribution >= 4 is 35.8 Å². The summed E-state index contributed by atoms with van der Waals surface area (Å²) in [5.74, 6) is 0.857. The van der Waals surface area contributed by atoms with E-state index < -0.39 is 0 Å². The predicted octanol–water partition coefficient (Wildman–Crippen LogP) is 3.56. The molecule has 4 nitrogen and oxygen atoms in total.